The molecule has 0 spiro atoms. The van der Waals surface area contributed by atoms with Crippen molar-refractivity contribution in [1.82, 2.24) is 0 Å². The Labute approximate surface area is 71.3 Å². The highest BCUT2D eigenvalue weighted by Crippen LogP contribution is 2.36. The molecule has 64 valence electrons. The predicted molar refractivity (Wildman–Crippen MR) is 45.4 cm³/mol. The number of rotatable bonds is 1. The van der Waals surface area contributed by atoms with Crippen molar-refractivity contribution in [3.63, 3.8) is 0 Å². The van der Waals surface area contributed by atoms with Crippen LogP contribution in [0.5, 0.6) is 0 Å². The van der Waals surface area contributed by atoms with E-state index in [9.17, 15) is 8.42 Å². The van der Waals surface area contributed by atoms with Crippen molar-refractivity contribution >= 4 is 10.0 Å². The van der Waals surface area contributed by atoms with Crippen LogP contribution in [0.2, 0.25) is 0 Å². The molecule has 4 heteroatoms. The average Bonchev–Trinajstić information content (AvgIpc) is 2.64. The molecule has 12 heavy (non-hydrogen) atoms. The molecule has 0 aliphatic heterocycles. The zero-order valence-electron chi connectivity index (χ0n) is 6.66. The van der Waals surface area contributed by atoms with Crippen LogP contribution in [0.4, 0.5) is 0 Å². The molecule has 1 aliphatic carbocycles. The van der Waals surface area contributed by atoms with E-state index in [-0.39, 0.29) is 0 Å². The number of benzene rings is 1. The van der Waals surface area contributed by atoms with Gasteiger partial charge in [-0.05, 0) is 36.1 Å². The van der Waals surface area contributed by atoms with Crippen LogP contribution in [0.15, 0.2) is 17.0 Å². The summed E-state index contributed by atoms with van der Waals surface area (Å²) in [7, 11) is -3.50. The second-order valence-corrected chi connectivity index (χ2v) is 4.59. The molecule has 3 nitrogen and oxygen atoms in total. The number of hydrogen-bond donors (Lipinski definition) is 1. The molecular weight excluding hydrogens is 174 g/mol. The Kier molecular flexibility index (Phi) is 1.35. The molecule has 1 aromatic carbocycles. The van der Waals surface area contributed by atoms with Crippen molar-refractivity contribution in [2.24, 2.45) is 5.14 Å². The van der Waals surface area contributed by atoms with Crippen molar-refractivity contribution in [2.75, 3.05) is 0 Å². The molecule has 0 heterocycles. The summed E-state index contributed by atoms with van der Waals surface area (Å²) in [5.74, 6) is 0. The summed E-state index contributed by atoms with van der Waals surface area (Å²) in [5, 5.41) is 5.01. The lowest BCUT2D eigenvalue weighted by Gasteiger charge is -1.96. The van der Waals surface area contributed by atoms with Crippen LogP contribution in [0.25, 0.3) is 0 Å². The first-order valence-corrected chi connectivity index (χ1v) is 5.19. The number of aryl methyl sites for hydroxylation is 1. The molecule has 2 rings (SSSR count). The smallest absolute Gasteiger partial charge is 0.225 e. The number of nitrogens with two attached hydrogens (primary N) is 1. The van der Waals surface area contributed by atoms with E-state index >= 15 is 0 Å². The Morgan fingerprint density at radius 2 is 2.00 bits per heavy atom. The lowest BCUT2D eigenvalue weighted by atomic mass is 10.2. The highest BCUT2D eigenvalue weighted by atomic mass is 32.2. The number of primary sulfonamides is 1. The van der Waals surface area contributed by atoms with Crippen molar-refractivity contribution in [3.8, 4) is 0 Å². The Morgan fingerprint density at radius 3 is 2.58 bits per heavy atom. The van der Waals surface area contributed by atoms with Crippen LogP contribution in [-0.2, 0) is 16.4 Å². The van der Waals surface area contributed by atoms with Gasteiger partial charge in [-0.15, -0.1) is 0 Å². The first-order chi connectivity index (χ1) is 5.50. The second-order valence-electron chi connectivity index (χ2n) is 3.06. The summed E-state index contributed by atoms with van der Waals surface area (Å²) >= 11 is 0. The molecule has 0 amide bonds. The SMILES string of the molecule is Cc1ccc(S(N)(=O)=O)c2c1C2. The van der Waals surface area contributed by atoms with Crippen molar-refractivity contribution in [1.29, 1.82) is 0 Å². The molecule has 1 aromatic rings. The predicted octanol–water partition coefficient (Wildman–Crippen LogP) is 0.547. The van der Waals surface area contributed by atoms with Gasteiger partial charge in [0, 0.05) is 0 Å². The quantitative estimate of drug-likeness (QED) is 0.701. The van der Waals surface area contributed by atoms with E-state index in [1.807, 2.05) is 6.92 Å². The maximum absolute atomic E-state index is 11.0. The zero-order valence-corrected chi connectivity index (χ0v) is 7.48. The summed E-state index contributed by atoms with van der Waals surface area (Å²) in [6, 6.07) is 3.38. The van der Waals surface area contributed by atoms with Crippen LogP contribution in [0.1, 0.15) is 16.7 Å². The van der Waals surface area contributed by atoms with E-state index in [4.69, 9.17) is 5.14 Å². The van der Waals surface area contributed by atoms with Crippen LogP contribution < -0.4 is 5.14 Å². The third kappa shape index (κ3) is 1.04. The van der Waals surface area contributed by atoms with Crippen molar-refractivity contribution in [3.05, 3.63) is 28.8 Å². The molecule has 2 N–H and O–H groups in total. The number of hydrogen-bond acceptors (Lipinski definition) is 2. The molecule has 0 aromatic heterocycles. The number of fused-ring (bicyclic) bond motifs is 1. The minimum Gasteiger partial charge on any atom is -0.225 e. The summed E-state index contributed by atoms with van der Waals surface area (Å²) in [6.07, 6.45) is 0.782. The highest BCUT2D eigenvalue weighted by molar-refractivity contribution is 7.89. The van der Waals surface area contributed by atoms with Crippen LogP contribution >= 0.6 is 0 Å². The van der Waals surface area contributed by atoms with E-state index in [0.29, 0.717) is 4.90 Å². The van der Waals surface area contributed by atoms with Gasteiger partial charge < -0.3 is 0 Å². The van der Waals surface area contributed by atoms with Crippen LogP contribution in [-0.4, -0.2) is 8.42 Å². The van der Waals surface area contributed by atoms with Gasteiger partial charge in [0.15, 0.2) is 0 Å². The summed E-state index contributed by atoms with van der Waals surface area (Å²) in [5.41, 5.74) is 3.19. The van der Waals surface area contributed by atoms with Crippen molar-refractivity contribution in [2.45, 2.75) is 18.2 Å². The lowest BCUT2D eigenvalue weighted by Crippen LogP contribution is -2.12. The van der Waals surface area contributed by atoms with Crippen LogP contribution in [0.3, 0.4) is 0 Å². The minimum absolute atomic E-state index is 0.295. The first-order valence-electron chi connectivity index (χ1n) is 3.64. The van der Waals surface area contributed by atoms with Crippen molar-refractivity contribution < 1.29 is 8.42 Å². The van der Waals surface area contributed by atoms with E-state index in [2.05, 4.69) is 0 Å². The fraction of sp³-hybridized carbons (Fsp3) is 0.250. The van der Waals surface area contributed by atoms with Gasteiger partial charge in [-0.3, -0.25) is 0 Å². The molecule has 0 unspecified atom stereocenters. The fourth-order valence-electron chi connectivity index (χ4n) is 1.41. The molecule has 0 fully saturated rings. The zero-order chi connectivity index (χ0) is 8.93. The molecule has 0 saturated heterocycles. The maximum atomic E-state index is 11.0. The Hall–Kier alpha value is -0.870. The highest BCUT2D eigenvalue weighted by Gasteiger charge is 2.27. The standard InChI is InChI=1S/C8H9NO2S/c1-5-2-3-8(12(9,10)11)7-4-6(5)7/h2-3H,4H2,1H3,(H2,9,10,11). The molecule has 0 bridgehead atoms. The topological polar surface area (TPSA) is 60.2 Å². The maximum Gasteiger partial charge on any atom is 0.238 e. The van der Waals surface area contributed by atoms with Gasteiger partial charge in [0.1, 0.15) is 0 Å². The molecule has 0 atom stereocenters. The summed E-state index contributed by atoms with van der Waals surface area (Å²) in [4.78, 5) is 0.295. The molecular formula is C8H9NO2S. The molecule has 1 aliphatic rings. The van der Waals surface area contributed by atoms with Gasteiger partial charge in [-0.1, -0.05) is 6.07 Å². The van der Waals surface area contributed by atoms with Gasteiger partial charge in [-0.2, -0.15) is 0 Å². The van der Waals surface area contributed by atoms with Gasteiger partial charge in [0.2, 0.25) is 10.0 Å². The van der Waals surface area contributed by atoms with Gasteiger partial charge in [0.05, 0.1) is 4.90 Å². The fourth-order valence-corrected chi connectivity index (χ4v) is 2.21. The van der Waals surface area contributed by atoms with Gasteiger partial charge in [0.25, 0.3) is 0 Å². The lowest BCUT2D eigenvalue weighted by molar-refractivity contribution is 0.597. The van der Waals surface area contributed by atoms with Gasteiger partial charge in [-0.25, -0.2) is 13.6 Å². The van der Waals surface area contributed by atoms with Gasteiger partial charge >= 0.3 is 0 Å². The Bertz CT molecular complexity index is 448. The third-order valence-electron chi connectivity index (χ3n) is 2.16. The molecule has 0 radical (unpaired) electrons. The van der Waals surface area contributed by atoms with E-state index in [1.54, 1.807) is 12.1 Å². The second kappa shape index (κ2) is 2.08. The Balaban J connectivity index is 2.67. The average molecular weight is 183 g/mol. The van der Waals surface area contributed by atoms with E-state index < -0.39 is 10.0 Å². The molecule has 0 saturated carbocycles. The largest absolute Gasteiger partial charge is 0.238 e. The van der Waals surface area contributed by atoms with E-state index in [1.165, 1.54) is 0 Å². The monoisotopic (exact) mass is 183 g/mol. The number of sulfonamides is 1. The minimum atomic E-state index is -3.50. The summed E-state index contributed by atoms with van der Waals surface area (Å²) < 4.78 is 22.0. The van der Waals surface area contributed by atoms with E-state index in [0.717, 1.165) is 23.1 Å². The first kappa shape index (κ1) is 7.76. The Morgan fingerprint density at radius 1 is 1.33 bits per heavy atom. The third-order valence-corrected chi connectivity index (χ3v) is 3.15. The summed E-state index contributed by atoms with van der Waals surface area (Å²) in [6.45, 7) is 1.97. The normalized spacial score (nSPS) is 14.2. The van der Waals surface area contributed by atoms with Crippen LogP contribution in [0, 0.1) is 6.92 Å².